The Kier molecular flexibility index (Phi) is 6.51. The van der Waals surface area contributed by atoms with E-state index in [1.807, 2.05) is 18.2 Å². The molecule has 4 N–H and O–H groups in total. The van der Waals surface area contributed by atoms with E-state index in [0.717, 1.165) is 26.2 Å². The van der Waals surface area contributed by atoms with E-state index in [0.29, 0.717) is 18.0 Å². The molecule has 0 bridgehead atoms. The number of hydrogen-bond donors (Lipinski definition) is 3. The number of nitrogens with two attached hydrogens (primary N) is 1. The first-order valence-corrected chi connectivity index (χ1v) is 9.10. The van der Waals surface area contributed by atoms with Gasteiger partial charge in [0.2, 0.25) is 0 Å². The van der Waals surface area contributed by atoms with Gasteiger partial charge in [-0.3, -0.25) is 4.90 Å². The first-order valence-electron chi connectivity index (χ1n) is 9.10. The third-order valence-electron chi connectivity index (χ3n) is 4.54. The van der Waals surface area contributed by atoms with E-state index in [4.69, 9.17) is 10.5 Å². The van der Waals surface area contributed by atoms with Crippen LogP contribution in [0.25, 0.3) is 0 Å². The third-order valence-corrected chi connectivity index (χ3v) is 4.54. The number of para-hydroxylation sites is 3. The highest BCUT2D eigenvalue weighted by Crippen LogP contribution is 2.23. The lowest BCUT2D eigenvalue weighted by molar-refractivity contribution is 0.0665. The molecule has 0 spiro atoms. The van der Waals surface area contributed by atoms with Gasteiger partial charge in [0.25, 0.3) is 0 Å². The lowest BCUT2D eigenvalue weighted by Gasteiger charge is -2.36. The number of aliphatic hydroxyl groups excluding tert-OH is 1. The number of carbonyl (C=O) groups excluding carboxylic acids is 1. The molecule has 2 aromatic rings. The van der Waals surface area contributed by atoms with Gasteiger partial charge in [-0.25, -0.2) is 4.79 Å². The summed E-state index contributed by atoms with van der Waals surface area (Å²) in [6.45, 7) is 4.36. The summed E-state index contributed by atoms with van der Waals surface area (Å²) >= 11 is 0. The van der Waals surface area contributed by atoms with Crippen LogP contribution in [0, 0.1) is 0 Å². The van der Waals surface area contributed by atoms with Gasteiger partial charge in [-0.1, -0.05) is 30.3 Å². The number of aliphatic hydroxyl groups is 1. The number of benzene rings is 2. The van der Waals surface area contributed by atoms with Gasteiger partial charge in [-0.05, 0) is 24.3 Å². The van der Waals surface area contributed by atoms with Gasteiger partial charge in [0.15, 0.2) is 0 Å². The fraction of sp³-hybridized carbons (Fsp3) is 0.350. The van der Waals surface area contributed by atoms with Crippen molar-refractivity contribution in [1.29, 1.82) is 0 Å². The second-order valence-corrected chi connectivity index (χ2v) is 6.57. The summed E-state index contributed by atoms with van der Waals surface area (Å²) in [6.07, 6.45) is -0.616. The molecule has 0 aliphatic carbocycles. The van der Waals surface area contributed by atoms with E-state index in [1.54, 1.807) is 24.3 Å². The quantitative estimate of drug-likeness (QED) is 0.691. The molecule has 1 unspecified atom stereocenters. The molecule has 1 saturated heterocycles. The minimum absolute atomic E-state index is 0.149. The molecule has 0 saturated carbocycles. The lowest BCUT2D eigenvalue weighted by Crippen LogP contribution is -2.49. The van der Waals surface area contributed by atoms with E-state index in [1.165, 1.54) is 5.69 Å². The summed E-state index contributed by atoms with van der Waals surface area (Å²) in [5, 5.41) is 12.8. The van der Waals surface area contributed by atoms with Crippen LogP contribution in [0.2, 0.25) is 0 Å². The summed E-state index contributed by atoms with van der Waals surface area (Å²) in [4.78, 5) is 15.6. The SMILES string of the molecule is NC(=O)Nc1ccccc1OCC(O)CN1CCN(c2ccccc2)CC1. The summed E-state index contributed by atoms with van der Waals surface area (Å²) in [6, 6.07) is 16.7. The fourth-order valence-electron chi connectivity index (χ4n) is 3.19. The highest BCUT2D eigenvalue weighted by Gasteiger charge is 2.20. The topological polar surface area (TPSA) is 91.1 Å². The number of β-amino-alcohol motifs (C(OH)–C–C–N with tert-alkyl or cyclic N) is 1. The monoisotopic (exact) mass is 370 g/mol. The number of rotatable bonds is 7. The average molecular weight is 370 g/mol. The summed E-state index contributed by atoms with van der Waals surface area (Å²) in [5.74, 6) is 0.490. The van der Waals surface area contributed by atoms with Crippen LogP contribution in [-0.2, 0) is 0 Å². The molecule has 1 aliphatic rings. The Balaban J connectivity index is 1.44. The molecule has 144 valence electrons. The van der Waals surface area contributed by atoms with Gasteiger partial charge in [0.1, 0.15) is 18.5 Å². The molecule has 3 rings (SSSR count). The predicted octanol–water partition coefficient (Wildman–Crippen LogP) is 1.74. The minimum Gasteiger partial charge on any atom is -0.489 e. The largest absolute Gasteiger partial charge is 0.489 e. The number of amides is 2. The van der Waals surface area contributed by atoms with Crippen LogP contribution in [0.3, 0.4) is 0 Å². The number of primary amides is 1. The van der Waals surface area contributed by atoms with Gasteiger partial charge in [-0.15, -0.1) is 0 Å². The zero-order valence-corrected chi connectivity index (χ0v) is 15.3. The van der Waals surface area contributed by atoms with Crippen molar-refractivity contribution >= 4 is 17.4 Å². The predicted molar refractivity (Wildman–Crippen MR) is 106 cm³/mol. The molecular weight excluding hydrogens is 344 g/mol. The Bertz CT molecular complexity index is 733. The van der Waals surface area contributed by atoms with Gasteiger partial charge in [-0.2, -0.15) is 0 Å². The lowest BCUT2D eigenvalue weighted by atomic mass is 10.2. The van der Waals surface area contributed by atoms with Crippen molar-refractivity contribution < 1.29 is 14.6 Å². The minimum atomic E-state index is -0.650. The Hall–Kier alpha value is -2.77. The third kappa shape index (κ3) is 5.60. The molecule has 7 nitrogen and oxygen atoms in total. The van der Waals surface area contributed by atoms with Crippen LogP contribution in [0.15, 0.2) is 54.6 Å². The van der Waals surface area contributed by atoms with Crippen molar-refractivity contribution in [2.45, 2.75) is 6.10 Å². The maximum atomic E-state index is 11.0. The van der Waals surface area contributed by atoms with Crippen molar-refractivity contribution in [2.75, 3.05) is 49.5 Å². The van der Waals surface area contributed by atoms with Gasteiger partial charge in [0, 0.05) is 38.4 Å². The number of hydrogen-bond acceptors (Lipinski definition) is 5. The first-order chi connectivity index (χ1) is 13.1. The molecular formula is C20H26N4O3. The maximum absolute atomic E-state index is 11.0. The van der Waals surface area contributed by atoms with Crippen molar-refractivity contribution in [1.82, 2.24) is 4.90 Å². The maximum Gasteiger partial charge on any atom is 0.316 e. The van der Waals surface area contributed by atoms with Crippen molar-refractivity contribution in [2.24, 2.45) is 5.73 Å². The van der Waals surface area contributed by atoms with Crippen molar-refractivity contribution in [3.8, 4) is 5.75 Å². The van der Waals surface area contributed by atoms with Gasteiger partial charge >= 0.3 is 6.03 Å². The number of ether oxygens (including phenoxy) is 1. The molecule has 1 aliphatic heterocycles. The zero-order chi connectivity index (χ0) is 19.1. The van der Waals surface area contributed by atoms with Gasteiger partial charge < -0.3 is 25.8 Å². The molecule has 1 atom stereocenters. The number of anilines is 2. The molecule has 2 aromatic carbocycles. The highest BCUT2D eigenvalue weighted by molar-refractivity contribution is 5.89. The second-order valence-electron chi connectivity index (χ2n) is 6.57. The standard InChI is InChI=1S/C20H26N4O3/c21-20(26)22-18-8-4-5-9-19(18)27-15-17(25)14-23-10-12-24(13-11-23)16-6-2-1-3-7-16/h1-9,17,25H,10-15H2,(H3,21,22,26). The number of urea groups is 1. The van der Waals surface area contributed by atoms with Crippen molar-refractivity contribution in [3.63, 3.8) is 0 Å². The summed E-state index contributed by atoms with van der Waals surface area (Å²) < 4.78 is 5.67. The molecule has 27 heavy (non-hydrogen) atoms. The Morgan fingerprint density at radius 3 is 2.44 bits per heavy atom. The summed E-state index contributed by atoms with van der Waals surface area (Å²) in [7, 11) is 0. The van der Waals surface area contributed by atoms with E-state index >= 15 is 0 Å². The Labute approximate surface area is 159 Å². The average Bonchev–Trinajstić information content (AvgIpc) is 2.68. The van der Waals surface area contributed by atoms with Crippen LogP contribution >= 0.6 is 0 Å². The molecule has 1 heterocycles. The van der Waals surface area contributed by atoms with E-state index in [2.05, 4.69) is 27.2 Å². The smallest absolute Gasteiger partial charge is 0.316 e. The van der Waals surface area contributed by atoms with E-state index in [9.17, 15) is 9.90 Å². The number of nitrogens with one attached hydrogen (secondary N) is 1. The number of carbonyl (C=O) groups is 1. The van der Waals surface area contributed by atoms with E-state index in [-0.39, 0.29) is 6.61 Å². The Morgan fingerprint density at radius 2 is 1.74 bits per heavy atom. The molecule has 1 fully saturated rings. The highest BCUT2D eigenvalue weighted by atomic mass is 16.5. The zero-order valence-electron chi connectivity index (χ0n) is 15.3. The second kappa shape index (κ2) is 9.25. The van der Waals surface area contributed by atoms with E-state index < -0.39 is 12.1 Å². The number of piperazine rings is 1. The normalized spacial score (nSPS) is 16.0. The molecule has 7 heteroatoms. The molecule has 2 amide bonds. The fourth-order valence-corrected chi connectivity index (χ4v) is 3.19. The van der Waals surface area contributed by atoms with Crippen LogP contribution in [-0.4, -0.2) is 61.5 Å². The van der Waals surface area contributed by atoms with Crippen LogP contribution in [0.4, 0.5) is 16.2 Å². The van der Waals surface area contributed by atoms with Gasteiger partial charge in [0.05, 0.1) is 5.69 Å². The first kappa shape index (κ1) is 19.0. The number of nitrogens with zero attached hydrogens (tertiary/aromatic N) is 2. The molecule has 0 aromatic heterocycles. The van der Waals surface area contributed by atoms with Crippen LogP contribution < -0.4 is 20.7 Å². The van der Waals surface area contributed by atoms with Crippen molar-refractivity contribution in [3.05, 3.63) is 54.6 Å². The van der Waals surface area contributed by atoms with Crippen LogP contribution in [0.1, 0.15) is 0 Å². The Morgan fingerprint density at radius 1 is 1.07 bits per heavy atom. The van der Waals surface area contributed by atoms with Crippen LogP contribution in [0.5, 0.6) is 5.75 Å². The summed E-state index contributed by atoms with van der Waals surface area (Å²) in [5.41, 5.74) is 6.89. The molecule has 0 radical (unpaired) electrons.